The Morgan fingerprint density at radius 3 is 0.763 bits per heavy atom. The SMILES string of the molecule is CCCCCCCCCCCCCCCCCCCCC(=O)OC[C@H](COP(=O)(O)OC[C@@H](O)COP(=O)(O)OC[C@@H](COC(=O)CCCCCCCCC)OC(=O)CCCCCCCCC(C)CC)OC(=O)CCCCCCCCCCCCCCCCCCCC. The van der Waals surface area contributed by atoms with E-state index < -0.39 is 97.5 Å². The third-order valence-electron chi connectivity index (χ3n) is 17.6. The van der Waals surface area contributed by atoms with Crippen LogP contribution in [0.5, 0.6) is 0 Å². The summed E-state index contributed by atoms with van der Waals surface area (Å²) in [5.41, 5.74) is 0. The summed E-state index contributed by atoms with van der Waals surface area (Å²) in [7, 11) is -9.90. The largest absolute Gasteiger partial charge is 0.472 e. The van der Waals surface area contributed by atoms with Gasteiger partial charge in [0.05, 0.1) is 26.4 Å². The Morgan fingerprint density at radius 1 is 0.301 bits per heavy atom. The minimum Gasteiger partial charge on any atom is -0.462 e. The van der Waals surface area contributed by atoms with E-state index in [-0.39, 0.29) is 25.7 Å². The number of carbonyl (C=O) groups excluding carboxylic acids is 4. The van der Waals surface area contributed by atoms with Gasteiger partial charge in [-0.15, -0.1) is 0 Å². The average Bonchev–Trinajstić information content (AvgIpc) is 2.37. The molecule has 0 rings (SSSR count). The van der Waals surface area contributed by atoms with Gasteiger partial charge < -0.3 is 33.8 Å². The predicted octanol–water partition coefficient (Wildman–Crippen LogP) is 21.7. The van der Waals surface area contributed by atoms with E-state index in [0.717, 1.165) is 109 Å². The van der Waals surface area contributed by atoms with E-state index in [1.54, 1.807) is 0 Å². The standard InChI is InChI=1S/C74H144O17P2/c1-6-10-13-16-19-21-23-25-27-29-31-33-35-37-39-42-48-53-58-72(77)85-64-69(90-73(78)59-54-49-43-40-38-36-34-32-30-28-26-24-22-20-17-14-11-7-2)65-88-92(80,81)86-61-68(75)62-87-93(82,83)89-66-70(63-84-71(76)57-52-47-41-18-15-12-8-3)91-74(79)60-55-50-45-44-46-51-56-67(5)9-4/h67-70,75H,6-66H2,1-5H3,(H,80,81)(H,82,83)/t67?,68-,69-,70-/m1/s1. The van der Waals surface area contributed by atoms with E-state index in [1.165, 1.54) is 199 Å². The molecule has 0 aliphatic carbocycles. The van der Waals surface area contributed by atoms with Crippen molar-refractivity contribution in [1.29, 1.82) is 0 Å². The van der Waals surface area contributed by atoms with E-state index >= 15 is 0 Å². The number of aliphatic hydroxyl groups is 1. The van der Waals surface area contributed by atoms with Gasteiger partial charge in [-0.2, -0.15) is 0 Å². The molecule has 0 heterocycles. The van der Waals surface area contributed by atoms with Gasteiger partial charge in [-0.3, -0.25) is 37.3 Å². The Labute approximate surface area is 568 Å². The van der Waals surface area contributed by atoms with Gasteiger partial charge in [0.25, 0.3) is 0 Å². The Kier molecular flexibility index (Phi) is 65.9. The fourth-order valence-corrected chi connectivity index (χ4v) is 12.9. The first-order valence-electron chi connectivity index (χ1n) is 38.7. The van der Waals surface area contributed by atoms with Crippen LogP contribution < -0.4 is 0 Å². The molecule has 0 bridgehead atoms. The molecule has 0 aliphatic heterocycles. The first-order chi connectivity index (χ1) is 45.1. The molecular formula is C74H144O17P2. The molecule has 93 heavy (non-hydrogen) atoms. The van der Waals surface area contributed by atoms with Crippen LogP contribution in [0.4, 0.5) is 0 Å². The summed E-state index contributed by atoms with van der Waals surface area (Å²) in [5.74, 6) is -1.40. The molecule has 0 radical (unpaired) electrons. The first kappa shape index (κ1) is 91.1. The van der Waals surface area contributed by atoms with Crippen molar-refractivity contribution in [3.05, 3.63) is 0 Å². The molecule has 17 nitrogen and oxygen atoms in total. The van der Waals surface area contributed by atoms with Gasteiger partial charge in [0.2, 0.25) is 0 Å². The first-order valence-corrected chi connectivity index (χ1v) is 41.7. The summed E-state index contributed by atoms with van der Waals surface area (Å²) in [6, 6.07) is 0. The van der Waals surface area contributed by atoms with Crippen LogP contribution in [-0.4, -0.2) is 96.7 Å². The van der Waals surface area contributed by atoms with E-state index in [1.807, 2.05) is 0 Å². The lowest BCUT2D eigenvalue weighted by Gasteiger charge is -2.21. The van der Waals surface area contributed by atoms with Crippen LogP contribution in [-0.2, 0) is 65.4 Å². The molecule has 0 spiro atoms. The van der Waals surface area contributed by atoms with Crippen LogP contribution in [0.2, 0.25) is 0 Å². The summed E-state index contributed by atoms with van der Waals surface area (Å²) in [4.78, 5) is 72.5. The van der Waals surface area contributed by atoms with Gasteiger partial charge in [-0.25, -0.2) is 9.13 Å². The van der Waals surface area contributed by atoms with Crippen molar-refractivity contribution < 1.29 is 80.2 Å². The maximum atomic E-state index is 13.1. The van der Waals surface area contributed by atoms with Crippen LogP contribution in [0.1, 0.15) is 388 Å². The Morgan fingerprint density at radius 2 is 0.516 bits per heavy atom. The molecule has 0 aromatic rings. The molecule has 0 aliphatic rings. The Hall–Kier alpha value is -1.94. The molecule has 0 aromatic carbocycles. The molecular weight excluding hydrogens is 1220 g/mol. The highest BCUT2D eigenvalue weighted by atomic mass is 31.2. The van der Waals surface area contributed by atoms with E-state index in [2.05, 4.69) is 34.6 Å². The normalized spacial score (nSPS) is 14.3. The minimum atomic E-state index is -4.95. The molecule has 0 fully saturated rings. The zero-order valence-electron chi connectivity index (χ0n) is 60.4. The van der Waals surface area contributed by atoms with Crippen molar-refractivity contribution in [3.8, 4) is 0 Å². The van der Waals surface area contributed by atoms with E-state index in [4.69, 9.17) is 37.0 Å². The van der Waals surface area contributed by atoms with Gasteiger partial charge in [0.1, 0.15) is 19.3 Å². The number of phosphoric ester groups is 2. The average molecular weight is 1370 g/mol. The number of aliphatic hydroxyl groups excluding tert-OH is 1. The van der Waals surface area contributed by atoms with Gasteiger partial charge in [-0.1, -0.05) is 336 Å². The second-order valence-electron chi connectivity index (χ2n) is 26.9. The number of carbonyl (C=O) groups is 4. The summed E-state index contributed by atoms with van der Waals surface area (Å²) in [5, 5.41) is 10.6. The minimum absolute atomic E-state index is 0.103. The van der Waals surface area contributed by atoms with Crippen LogP contribution in [0.15, 0.2) is 0 Å². The second-order valence-corrected chi connectivity index (χ2v) is 29.8. The summed E-state index contributed by atoms with van der Waals surface area (Å²) in [6.45, 7) is 7.18. The molecule has 3 unspecified atom stereocenters. The Balaban J connectivity index is 5.17. The van der Waals surface area contributed by atoms with Crippen molar-refractivity contribution in [1.82, 2.24) is 0 Å². The van der Waals surface area contributed by atoms with Crippen molar-refractivity contribution >= 4 is 39.5 Å². The smallest absolute Gasteiger partial charge is 0.462 e. The maximum absolute atomic E-state index is 13.1. The molecule has 552 valence electrons. The quantitative estimate of drug-likeness (QED) is 0.0222. The van der Waals surface area contributed by atoms with Crippen LogP contribution >= 0.6 is 15.6 Å². The topological polar surface area (TPSA) is 237 Å². The zero-order valence-corrected chi connectivity index (χ0v) is 62.2. The predicted molar refractivity (Wildman–Crippen MR) is 377 cm³/mol. The molecule has 3 N–H and O–H groups in total. The number of unbranched alkanes of at least 4 members (excludes halogenated alkanes) is 45. The van der Waals surface area contributed by atoms with E-state index in [0.29, 0.717) is 25.7 Å². The van der Waals surface area contributed by atoms with Crippen LogP contribution in [0.3, 0.4) is 0 Å². The number of rotatable bonds is 74. The van der Waals surface area contributed by atoms with Crippen molar-refractivity contribution in [2.45, 2.75) is 406 Å². The van der Waals surface area contributed by atoms with Crippen LogP contribution in [0.25, 0.3) is 0 Å². The summed E-state index contributed by atoms with van der Waals surface area (Å²) < 4.78 is 68.3. The summed E-state index contributed by atoms with van der Waals surface area (Å²) in [6.07, 6.45) is 55.8. The highest BCUT2D eigenvalue weighted by molar-refractivity contribution is 7.47. The number of hydrogen-bond acceptors (Lipinski definition) is 15. The number of phosphoric acid groups is 2. The molecule has 0 amide bonds. The maximum Gasteiger partial charge on any atom is 0.472 e. The molecule has 19 heteroatoms. The second kappa shape index (κ2) is 67.3. The van der Waals surface area contributed by atoms with Crippen molar-refractivity contribution in [2.75, 3.05) is 39.6 Å². The zero-order chi connectivity index (χ0) is 68.4. The third-order valence-corrected chi connectivity index (χ3v) is 19.5. The van der Waals surface area contributed by atoms with Crippen molar-refractivity contribution in [3.63, 3.8) is 0 Å². The van der Waals surface area contributed by atoms with Gasteiger partial charge in [0, 0.05) is 25.7 Å². The highest BCUT2D eigenvalue weighted by Gasteiger charge is 2.30. The fourth-order valence-electron chi connectivity index (χ4n) is 11.3. The molecule has 0 aromatic heterocycles. The Bertz CT molecular complexity index is 1790. The van der Waals surface area contributed by atoms with Gasteiger partial charge >= 0.3 is 39.5 Å². The highest BCUT2D eigenvalue weighted by Crippen LogP contribution is 2.45. The van der Waals surface area contributed by atoms with E-state index in [9.17, 15) is 43.2 Å². The molecule has 6 atom stereocenters. The number of esters is 4. The fraction of sp³-hybridized carbons (Fsp3) is 0.946. The lowest BCUT2D eigenvalue weighted by molar-refractivity contribution is -0.161. The van der Waals surface area contributed by atoms with Crippen molar-refractivity contribution in [2.24, 2.45) is 5.92 Å². The monoisotopic (exact) mass is 1370 g/mol. The lowest BCUT2D eigenvalue weighted by atomic mass is 10.00. The van der Waals surface area contributed by atoms with Gasteiger partial charge in [-0.05, 0) is 31.6 Å². The number of hydrogen-bond donors (Lipinski definition) is 3. The lowest BCUT2D eigenvalue weighted by Crippen LogP contribution is -2.30. The van der Waals surface area contributed by atoms with Gasteiger partial charge in [0.15, 0.2) is 12.2 Å². The number of ether oxygens (including phenoxy) is 4. The molecule has 0 saturated carbocycles. The summed E-state index contributed by atoms with van der Waals surface area (Å²) >= 11 is 0. The molecule has 0 saturated heterocycles. The van der Waals surface area contributed by atoms with Crippen LogP contribution in [0, 0.1) is 5.92 Å². The third kappa shape index (κ3) is 67.0.